The standard InChI is InChI=1S/C24H25N5O3/c1-17(31)27-20-9-5-8-19(14-20)21-16-26-29-23(25-10-12-32-13-11-30)15-22(28-24(21)29)18-6-3-2-4-7-18/h2-9,14-16,25,30H,10-13H2,1H3,(H,27,31). The summed E-state index contributed by atoms with van der Waals surface area (Å²) in [6.07, 6.45) is 1.78. The third-order valence-corrected chi connectivity index (χ3v) is 4.82. The Bertz CT molecular complexity index is 1210. The molecule has 2 heterocycles. The molecule has 32 heavy (non-hydrogen) atoms. The highest BCUT2D eigenvalue weighted by Crippen LogP contribution is 2.30. The van der Waals surface area contributed by atoms with Gasteiger partial charge in [0.15, 0.2) is 5.65 Å². The lowest BCUT2D eigenvalue weighted by molar-refractivity contribution is -0.114. The molecule has 0 spiro atoms. The lowest BCUT2D eigenvalue weighted by atomic mass is 10.1. The van der Waals surface area contributed by atoms with Gasteiger partial charge >= 0.3 is 0 Å². The predicted molar refractivity (Wildman–Crippen MR) is 125 cm³/mol. The van der Waals surface area contributed by atoms with Gasteiger partial charge in [-0.2, -0.15) is 9.61 Å². The van der Waals surface area contributed by atoms with E-state index in [4.69, 9.17) is 14.8 Å². The van der Waals surface area contributed by atoms with E-state index >= 15 is 0 Å². The van der Waals surface area contributed by atoms with Crippen molar-refractivity contribution in [3.63, 3.8) is 0 Å². The molecule has 4 aromatic rings. The zero-order valence-electron chi connectivity index (χ0n) is 17.8. The molecule has 0 aliphatic heterocycles. The Morgan fingerprint density at radius 3 is 2.66 bits per heavy atom. The normalized spacial score (nSPS) is 10.9. The summed E-state index contributed by atoms with van der Waals surface area (Å²) in [5.41, 5.74) is 4.99. The van der Waals surface area contributed by atoms with Crippen molar-refractivity contribution >= 4 is 23.1 Å². The van der Waals surface area contributed by atoms with E-state index in [1.165, 1.54) is 6.92 Å². The van der Waals surface area contributed by atoms with Crippen LogP contribution in [0, 0.1) is 0 Å². The first-order chi connectivity index (χ1) is 15.7. The maximum atomic E-state index is 11.5. The molecule has 1 amide bonds. The van der Waals surface area contributed by atoms with Gasteiger partial charge in [0.1, 0.15) is 5.82 Å². The maximum absolute atomic E-state index is 11.5. The number of fused-ring (bicyclic) bond motifs is 1. The van der Waals surface area contributed by atoms with Gasteiger partial charge in [-0.3, -0.25) is 4.79 Å². The monoisotopic (exact) mass is 431 g/mol. The van der Waals surface area contributed by atoms with Gasteiger partial charge in [0.25, 0.3) is 0 Å². The van der Waals surface area contributed by atoms with Gasteiger partial charge in [0, 0.05) is 36.3 Å². The second-order valence-electron chi connectivity index (χ2n) is 7.21. The molecule has 2 aromatic carbocycles. The smallest absolute Gasteiger partial charge is 0.221 e. The first-order valence-corrected chi connectivity index (χ1v) is 10.4. The first-order valence-electron chi connectivity index (χ1n) is 10.4. The molecule has 0 saturated carbocycles. The number of carbonyl (C=O) groups is 1. The van der Waals surface area contributed by atoms with Crippen molar-refractivity contribution in [3.8, 4) is 22.4 Å². The molecule has 0 aliphatic carbocycles. The number of carbonyl (C=O) groups excluding carboxylic acids is 1. The van der Waals surface area contributed by atoms with Crippen LogP contribution in [0.2, 0.25) is 0 Å². The number of aliphatic hydroxyl groups excluding tert-OH is 1. The van der Waals surface area contributed by atoms with E-state index in [0.29, 0.717) is 31.1 Å². The fourth-order valence-corrected chi connectivity index (χ4v) is 3.43. The van der Waals surface area contributed by atoms with E-state index in [0.717, 1.165) is 28.2 Å². The molecule has 4 rings (SSSR count). The van der Waals surface area contributed by atoms with Crippen LogP contribution in [0.1, 0.15) is 6.92 Å². The lowest BCUT2D eigenvalue weighted by Gasteiger charge is -2.12. The summed E-state index contributed by atoms with van der Waals surface area (Å²) in [4.78, 5) is 16.4. The Balaban J connectivity index is 1.75. The van der Waals surface area contributed by atoms with Crippen molar-refractivity contribution < 1.29 is 14.6 Å². The Kier molecular flexibility index (Phi) is 6.74. The second-order valence-corrected chi connectivity index (χ2v) is 7.21. The number of ether oxygens (including phenoxy) is 1. The topological polar surface area (TPSA) is 101 Å². The molecule has 8 heteroatoms. The predicted octanol–water partition coefficient (Wildman–Crippen LogP) is 3.44. The molecule has 0 fully saturated rings. The van der Waals surface area contributed by atoms with Gasteiger partial charge in [-0.1, -0.05) is 42.5 Å². The number of rotatable bonds is 9. The average Bonchev–Trinajstić information content (AvgIpc) is 3.23. The van der Waals surface area contributed by atoms with E-state index in [-0.39, 0.29) is 12.5 Å². The van der Waals surface area contributed by atoms with Crippen LogP contribution in [0.5, 0.6) is 0 Å². The van der Waals surface area contributed by atoms with Crippen LogP contribution in [0.4, 0.5) is 11.5 Å². The summed E-state index contributed by atoms with van der Waals surface area (Å²) in [6.45, 7) is 2.80. The zero-order valence-corrected chi connectivity index (χ0v) is 17.8. The van der Waals surface area contributed by atoms with Crippen LogP contribution in [0.15, 0.2) is 66.9 Å². The molecule has 164 valence electrons. The number of nitrogens with one attached hydrogen (secondary N) is 2. The first kappa shape index (κ1) is 21.5. The third-order valence-electron chi connectivity index (χ3n) is 4.82. The maximum Gasteiger partial charge on any atom is 0.221 e. The van der Waals surface area contributed by atoms with Crippen LogP contribution in [0.3, 0.4) is 0 Å². The molecule has 0 aliphatic rings. The SMILES string of the molecule is CC(=O)Nc1cccc(-c2cnn3c(NCCOCCO)cc(-c4ccccc4)nc23)c1. The molecule has 0 unspecified atom stereocenters. The molecular formula is C24H25N5O3. The van der Waals surface area contributed by atoms with Crippen LogP contribution in [-0.2, 0) is 9.53 Å². The van der Waals surface area contributed by atoms with Crippen molar-refractivity contribution in [2.75, 3.05) is 37.0 Å². The minimum Gasteiger partial charge on any atom is -0.394 e. The summed E-state index contributed by atoms with van der Waals surface area (Å²) >= 11 is 0. The Morgan fingerprint density at radius 2 is 1.88 bits per heavy atom. The number of hydrogen-bond donors (Lipinski definition) is 3. The van der Waals surface area contributed by atoms with Crippen molar-refractivity contribution in [1.29, 1.82) is 0 Å². The molecule has 2 aromatic heterocycles. The summed E-state index contributed by atoms with van der Waals surface area (Å²) in [7, 11) is 0. The van der Waals surface area contributed by atoms with Crippen molar-refractivity contribution in [3.05, 3.63) is 66.9 Å². The highest BCUT2D eigenvalue weighted by molar-refractivity contribution is 5.90. The summed E-state index contributed by atoms with van der Waals surface area (Å²) in [5.74, 6) is 0.659. The minimum absolute atomic E-state index is 0.00226. The van der Waals surface area contributed by atoms with Gasteiger partial charge in [-0.05, 0) is 17.7 Å². The van der Waals surface area contributed by atoms with Gasteiger partial charge in [0.05, 0.1) is 31.7 Å². The molecule has 0 atom stereocenters. The number of benzene rings is 2. The van der Waals surface area contributed by atoms with E-state index in [9.17, 15) is 4.79 Å². The molecule has 0 radical (unpaired) electrons. The summed E-state index contributed by atoms with van der Waals surface area (Å²) < 4.78 is 7.12. The van der Waals surface area contributed by atoms with Gasteiger partial charge < -0.3 is 20.5 Å². The Hall–Kier alpha value is -3.75. The number of aromatic nitrogens is 3. The Morgan fingerprint density at radius 1 is 1.06 bits per heavy atom. The third kappa shape index (κ3) is 4.93. The number of aliphatic hydroxyl groups is 1. The lowest BCUT2D eigenvalue weighted by Crippen LogP contribution is -2.14. The van der Waals surface area contributed by atoms with E-state index < -0.39 is 0 Å². The number of nitrogens with zero attached hydrogens (tertiary/aromatic N) is 3. The summed E-state index contributed by atoms with van der Waals surface area (Å²) in [5, 5.41) is 19.6. The minimum atomic E-state index is -0.124. The highest BCUT2D eigenvalue weighted by atomic mass is 16.5. The van der Waals surface area contributed by atoms with Crippen LogP contribution in [-0.4, -0.2) is 52.0 Å². The molecule has 0 saturated heterocycles. The quantitative estimate of drug-likeness (QED) is 0.351. The van der Waals surface area contributed by atoms with E-state index in [1.54, 1.807) is 10.7 Å². The van der Waals surface area contributed by atoms with Crippen LogP contribution in [0.25, 0.3) is 28.0 Å². The molecular weight excluding hydrogens is 406 g/mol. The van der Waals surface area contributed by atoms with Gasteiger partial charge in [0.2, 0.25) is 5.91 Å². The fourth-order valence-electron chi connectivity index (χ4n) is 3.43. The summed E-state index contributed by atoms with van der Waals surface area (Å²) in [6, 6.07) is 19.5. The van der Waals surface area contributed by atoms with Crippen LogP contribution >= 0.6 is 0 Å². The van der Waals surface area contributed by atoms with Crippen LogP contribution < -0.4 is 10.6 Å². The number of amides is 1. The largest absolute Gasteiger partial charge is 0.394 e. The second kappa shape index (κ2) is 10.0. The van der Waals surface area contributed by atoms with Gasteiger partial charge in [-0.25, -0.2) is 4.98 Å². The van der Waals surface area contributed by atoms with E-state index in [2.05, 4.69) is 15.7 Å². The molecule has 3 N–H and O–H groups in total. The number of hydrogen-bond acceptors (Lipinski definition) is 6. The fraction of sp³-hybridized carbons (Fsp3) is 0.208. The van der Waals surface area contributed by atoms with Crippen molar-refractivity contribution in [2.24, 2.45) is 0 Å². The van der Waals surface area contributed by atoms with Gasteiger partial charge in [-0.15, -0.1) is 0 Å². The average molecular weight is 431 g/mol. The van der Waals surface area contributed by atoms with E-state index in [1.807, 2.05) is 60.7 Å². The van der Waals surface area contributed by atoms with Crippen molar-refractivity contribution in [1.82, 2.24) is 14.6 Å². The van der Waals surface area contributed by atoms with Crippen molar-refractivity contribution in [2.45, 2.75) is 6.92 Å². The zero-order chi connectivity index (χ0) is 22.3. The molecule has 0 bridgehead atoms. The Labute approximate surface area is 185 Å². The number of anilines is 2. The highest BCUT2D eigenvalue weighted by Gasteiger charge is 2.14. The molecule has 8 nitrogen and oxygen atoms in total.